The molecule has 0 radical (unpaired) electrons. The van der Waals surface area contributed by atoms with Gasteiger partial charge in [0.1, 0.15) is 11.3 Å². The summed E-state index contributed by atoms with van der Waals surface area (Å²) in [7, 11) is 0. The molecule has 2 N–H and O–H groups in total. The summed E-state index contributed by atoms with van der Waals surface area (Å²) < 4.78 is 5.81. The summed E-state index contributed by atoms with van der Waals surface area (Å²) in [6, 6.07) is 9.89. The van der Waals surface area contributed by atoms with Crippen LogP contribution in [-0.4, -0.2) is 18.5 Å². The Labute approximate surface area is 112 Å². The third kappa shape index (κ3) is 2.49. The summed E-state index contributed by atoms with van der Waals surface area (Å²) >= 11 is 0. The molecule has 0 saturated carbocycles. The number of benzene rings is 1. The van der Waals surface area contributed by atoms with E-state index in [1.165, 1.54) is 0 Å². The zero-order chi connectivity index (χ0) is 13.2. The standard InChI is InChI=1S/C15H18N2O2/c1-10(17-12-6-4-8-16-15(12)18)14-9-11-5-2-3-7-13(11)19-14/h2-3,5,7,9-10,12,17H,4,6,8H2,1H3,(H,16,18). The van der Waals surface area contributed by atoms with E-state index in [4.69, 9.17) is 4.42 Å². The Kier molecular flexibility index (Phi) is 3.25. The zero-order valence-electron chi connectivity index (χ0n) is 11.0. The van der Waals surface area contributed by atoms with Crippen molar-refractivity contribution in [1.29, 1.82) is 0 Å². The zero-order valence-corrected chi connectivity index (χ0v) is 11.0. The first kappa shape index (κ1) is 12.2. The minimum atomic E-state index is -0.114. The first-order valence-electron chi connectivity index (χ1n) is 6.76. The fourth-order valence-electron chi connectivity index (χ4n) is 2.53. The third-order valence-corrected chi connectivity index (χ3v) is 3.61. The van der Waals surface area contributed by atoms with Gasteiger partial charge in [0.05, 0.1) is 12.1 Å². The molecule has 4 heteroatoms. The Bertz CT molecular complexity index is 558. The molecule has 1 aromatic carbocycles. The number of piperidine rings is 1. The van der Waals surface area contributed by atoms with Crippen LogP contribution in [0, 0.1) is 0 Å². The van der Waals surface area contributed by atoms with Gasteiger partial charge >= 0.3 is 0 Å². The van der Waals surface area contributed by atoms with Gasteiger partial charge in [0, 0.05) is 11.9 Å². The molecule has 4 nitrogen and oxygen atoms in total. The highest BCUT2D eigenvalue weighted by Crippen LogP contribution is 2.24. The minimum Gasteiger partial charge on any atom is -0.459 e. The number of fused-ring (bicyclic) bond motifs is 1. The highest BCUT2D eigenvalue weighted by molar-refractivity contribution is 5.82. The fourth-order valence-corrected chi connectivity index (χ4v) is 2.53. The SMILES string of the molecule is CC(NC1CCCNC1=O)c1cc2ccccc2o1. The summed E-state index contributed by atoms with van der Waals surface area (Å²) in [6.07, 6.45) is 1.91. The van der Waals surface area contributed by atoms with Crippen LogP contribution in [0.1, 0.15) is 31.6 Å². The molecular weight excluding hydrogens is 240 g/mol. The second-order valence-electron chi connectivity index (χ2n) is 5.06. The Hall–Kier alpha value is -1.81. The van der Waals surface area contributed by atoms with Gasteiger partial charge in [-0.15, -0.1) is 0 Å². The summed E-state index contributed by atoms with van der Waals surface area (Å²) in [4.78, 5) is 11.7. The van der Waals surface area contributed by atoms with Crippen molar-refractivity contribution in [2.75, 3.05) is 6.54 Å². The highest BCUT2D eigenvalue weighted by Gasteiger charge is 2.24. The lowest BCUT2D eigenvalue weighted by Gasteiger charge is -2.25. The Balaban J connectivity index is 1.75. The first-order chi connectivity index (χ1) is 9.24. The highest BCUT2D eigenvalue weighted by atomic mass is 16.3. The van der Waals surface area contributed by atoms with E-state index in [9.17, 15) is 4.79 Å². The number of furan rings is 1. The topological polar surface area (TPSA) is 54.3 Å². The summed E-state index contributed by atoms with van der Waals surface area (Å²) in [5, 5.41) is 7.32. The molecule has 0 aliphatic carbocycles. The molecule has 2 unspecified atom stereocenters. The predicted octanol–water partition coefficient (Wildman–Crippen LogP) is 2.36. The number of carbonyl (C=O) groups is 1. The van der Waals surface area contributed by atoms with Crippen LogP contribution in [-0.2, 0) is 4.79 Å². The first-order valence-corrected chi connectivity index (χ1v) is 6.76. The van der Waals surface area contributed by atoms with Gasteiger partial charge in [-0.05, 0) is 31.9 Å². The van der Waals surface area contributed by atoms with E-state index in [1.807, 2.05) is 37.3 Å². The predicted molar refractivity (Wildman–Crippen MR) is 73.8 cm³/mol. The Morgan fingerprint density at radius 2 is 2.26 bits per heavy atom. The van der Waals surface area contributed by atoms with Gasteiger partial charge < -0.3 is 9.73 Å². The van der Waals surface area contributed by atoms with Crippen LogP contribution in [0.3, 0.4) is 0 Å². The van der Waals surface area contributed by atoms with Crippen molar-refractivity contribution in [1.82, 2.24) is 10.6 Å². The Morgan fingerprint density at radius 1 is 1.42 bits per heavy atom. The van der Waals surface area contributed by atoms with E-state index >= 15 is 0 Å². The van der Waals surface area contributed by atoms with Crippen LogP contribution in [0.5, 0.6) is 0 Å². The quantitative estimate of drug-likeness (QED) is 0.888. The van der Waals surface area contributed by atoms with E-state index in [2.05, 4.69) is 10.6 Å². The fraction of sp³-hybridized carbons (Fsp3) is 0.400. The molecule has 2 heterocycles. The molecule has 19 heavy (non-hydrogen) atoms. The smallest absolute Gasteiger partial charge is 0.237 e. The van der Waals surface area contributed by atoms with E-state index in [0.717, 1.165) is 36.1 Å². The van der Waals surface area contributed by atoms with Crippen molar-refractivity contribution in [2.24, 2.45) is 0 Å². The van der Waals surface area contributed by atoms with Gasteiger partial charge in [0.15, 0.2) is 0 Å². The normalized spacial score (nSPS) is 21.3. The van der Waals surface area contributed by atoms with Crippen molar-refractivity contribution >= 4 is 16.9 Å². The lowest BCUT2D eigenvalue weighted by atomic mass is 10.1. The van der Waals surface area contributed by atoms with Crippen LogP contribution in [0.2, 0.25) is 0 Å². The molecule has 1 amide bonds. The summed E-state index contributed by atoms with van der Waals surface area (Å²) in [6.45, 7) is 2.82. The molecule has 1 aliphatic rings. The maximum absolute atomic E-state index is 11.7. The summed E-state index contributed by atoms with van der Waals surface area (Å²) in [5.74, 6) is 0.966. The molecular formula is C15H18N2O2. The van der Waals surface area contributed by atoms with Crippen molar-refractivity contribution in [3.63, 3.8) is 0 Å². The molecule has 2 aromatic rings. The second-order valence-corrected chi connectivity index (χ2v) is 5.06. The number of nitrogens with one attached hydrogen (secondary N) is 2. The minimum absolute atomic E-state index is 0.0289. The van der Waals surface area contributed by atoms with E-state index < -0.39 is 0 Å². The number of carbonyl (C=O) groups excluding carboxylic acids is 1. The third-order valence-electron chi connectivity index (χ3n) is 3.61. The maximum atomic E-state index is 11.7. The molecule has 1 saturated heterocycles. The van der Waals surface area contributed by atoms with Crippen LogP contribution in [0.4, 0.5) is 0 Å². The molecule has 0 spiro atoms. The van der Waals surface area contributed by atoms with Crippen LogP contribution in [0.25, 0.3) is 11.0 Å². The molecule has 1 aromatic heterocycles. The van der Waals surface area contributed by atoms with Crippen LogP contribution in [0.15, 0.2) is 34.7 Å². The molecule has 3 rings (SSSR count). The van der Waals surface area contributed by atoms with Crippen LogP contribution < -0.4 is 10.6 Å². The van der Waals surface area contributed by atoms with Gasteiger partial charge in [0.2, 0.25) is 5.91 Å². The average molecular weight is 258 g/mol. The van der Waals surface area contributed by atoms with Crippen LogP contribution >= 0.6 is 0 Å². The average Bonchev–Trinajstić information content (AvgIpc) is 2.85. The lowest BCUT2D eigenvalue weighted by molar-refractivity contribution is -0.124. The van der Waals surface area contributed by atoms with Gasteiger partial charge in [-0.2, -0.15) is 0 Å². The van der Waals surface area contributed by atoms with Crippen molar-refractivity contribution < 1.29 is 9.21 Å². The second kappa shape index (κ2) is 5.05. The largest absolute Gasteiger partial charge is 0.459 e. The van der Waals surface area contributed by atoms with Gasteiger partial charge in [-0.25, -0.2) is 0 Å². The molecule has 1 fully saturated rings. The van der Waals surface area contributed by atoms with Crippen molar-refractivity contribution in [2.45, 2.75) is 31.8 Å². The lowest BCUT2D eigenvalue weighted by Crippen LogP contribution is -2.48. The van der Waals surface area contributed by atoms with Crippen molar-refractivity contribution in [3.05, 3.63) is 36.1 Å². The number of amides is 1. The molecule has 1 aliphatic heterocycles. The number of hydrogen-bond acceptors (Lipinski definition) is 3. The summed E-state index contributed by atoms with van der Waals surface area (Å²) in [5.41, 5.74) is 0.888. The number of para-hydroxylation sites is 1. The van der Waals surface area contributed by atoms with E-state index in [0.29, 0.717) is 0 Å². The molecule has 2 atom stereocenters. The molecule has 0 bridgehead atoms. The van der Waals surface area contributed by atoms with Gasteiger partial charge in [-0.3, -0.25) is 10.1 Å². The van der Waals surface area contributed by atoms with E-state index in [1.54, 1.807) is 0 Å². The monoisotopic (exact) mass is 258 g/mol. The molecule has 100 valence electrons. The number of rotatable bonds is 3. The number of hydrogen-bond donors (Lipinski definition) is 2. The maximum Gasteiger partial charge on any atom is 0.237 e. The van der Waals surface area contributed by atoms with Gasteiger partial charge in [0.25, 0.3) is 0 Å². The van der Waals surface area contributed by atoms with Crippen molar-refractivity contribution in [3.8, 4) is 0 Å². The Morgan fingerprint density at radius 3 is 3.05 bits per heavy atom. The van der Waals surface area contributed by atoms with E-state index in [-0.39, 0.29) is 18.0 Å². The van der Waals surface area contributed by atoms with Gasteiger partial charge in [-0.1, -0.05) is 18.2 Å².